The highest BCUT2D eigenvalue weighted by Crippen LogP contribution is 2.38. The van der Waals surface area contributed by atoms with Crippen molar-refractivity contribution in [3.8, 4) is 11.3 Å². The number of nitrogens with zero attached hydrogens (tertiary/aromatic N) is 1. The Morgan fingerprint density at radius 3 is 2.61 bits per heavy atom. The highest BCUT2D eigenvalue weighted by molar-refractivity contribution is 9.10. The monoisotopic (exact) mass is 469 g/mol. The number of anilines is 1. The van der Waals surface area contributed by atoms with Crippen molar-refractivity contribution in [2.75, 3.05) is 4.90 Å². The summed E-state index contributed by atoms with van der Waals surface area (Å²) in [5.74, 6) is 1.27. The van der Waals surface area contributed by atoms with E-state index in [1.54, 1.807) is 11.0 Å². The quantitative estimate of drug-likeness (QED) is 0.315. The molecule has 1 aliphatic heterocycles. The van der Waals surface area contributed by atoms with Crippen LogP contribution in [0.2, 0.25) is 0 Å². The number of rotatable bonds is 4. The van der Waals surface area contributed by atoms with Gasteiger partial charge in [0.2, 0.25) is 0 Å². The van der Waals surface area contributed by atoms with Crippen molar-refractivity contribution in [2.45, 2.75) is 13.3 Å². The van der Waals surface area contributed by atoms with Crippen LogP contribution in [-0.2, 0) is 11.2 Å². The normalized spacial score (nSPS) is 15.6. The van der Waals surface area contributed by atoms with Crippen LogP contribution in [0, 0.1) is 0 Å². The number of carbonyl (C=O) groups excluding carboxylic acids is 1. The van der Waals surface area contributed by atoms with E-state index in [0.717, 1.165) is 33.5 Å². The fourth-order valence-corrected chi connectivity index (χ4v) is 4.56. The van der Waals surface area contributed by atoms with Crippen molar-refractivity contribution in [2.24, 2.45) is 0 Å². The summed E-state index contributed by atoms with van der Waals surface area (Å²) in [7, 11) is 0. The van der Waals surface area contributed by atoms with Crippen LogP contribution in [0.3, 0.4) is 0 Å². The second-order valence-corrected chi connectivity index (χ2v) is 8.80. The maximum absolute atomic E-state index is 13.0. The van der Waals surface area contributed by atoms with Gasteiger partial charge in [-0.2, -0.15) is 0 Å². The van der Waals surface area contributed by atoms with E-state index in [-0.39, 0.29) is 5.91 Å². The van der Waals surface area contributed by atoms with Gasteiger partial charge in [0.25, 0.3) is 5.91 Å². The fourth-order valence-electron chi connectivity index (χ4n) is 3.03. The van der Waals surface area contributed by atoms with Gasteiger partial charge in [0, 0.05) is 16.1 Å². The van der Waals surface area contributed by atoms with Gasteiger partial charge in [-0.1, -0.05) is 77.2 Å². The molecule has 0 spiro atoms. The molecule has 2 heterocycles. The third kappa shape index (κ3) is 3.72. The Morgan fingerprint density at radius 1 is 1.11 bits per heavy atom. The lowest BCUT2D eigenvalue weighted by atomic mass is 10.1. The molecule has 0 bridgehead atoms. The maximum atomic E-state index is 13.0. The van der Waals surface area contributed by atoms with Crippen LogP contribution in [0.4, 0.5) is 5.69 Å². The van der Waals surface area contributed by atoms with Gasteiger partial charge in [0.1, 0.15) is 11.5 Å². The number of hydrogen-bond donors (Lipinski definition) is 0. The second kappa shape index (κ2) is 8.07. The molecule has 6 heteroatoms. The van der Waals surface area contributed by atoms with E-state index < -0.39 is 0 Å². The van der Waals surface area contributed by atoms with E-state index in [1.807, 2.05) is 60.7 Å². The summed E-state index contributed by atoms with van der Waals surface area (Å²) in [4.78, 5) is 15.2. The molecule has 1 amide bonds. The van der Waals surface area contributed by atoms with Gasteiger partial charge in [-0.3, -0.25) is 9.69 Å². The number of halogens is 1. The van der Waals surface area contributed by atoms with Crippen LogP contribution >= 0.6 is 39.9 Å². The number of aryl methyl sites for hydroxylation is 1. The Labute approximate surface area is 181 Å². The Balaban J connectivity index is 1.62. The lowest BCUT2D eigenvalue weighted by molar-refractivity contribution is -0.113. The minimum atomic E-state index is -0.113. The third-order valence-corrected chi connectivity index (χ3v) is 6.27. The highest BCUT2D eigenvalue weighted by Gasteiger charge is 2.34. The summed E-state index contributed by atoms with van der Waals surface area (Å²) < 4.78 is 7.47. The van der Waals surface area contributed by atoms with Crippen LogP contribution in [-0.4, -0.2) is 10.2 Å². The van der Waals surface area contributed by atoms with Gasteiger partial charge in [-0.25, -0.2) is 0 Å². The summed E-state index contributed by atoms with van der Waals surface area (Å²) >= 11 is 10.2. The van der Waals surface area contributed by atoms with E-state index in [4.69, 9.17) is 16.6 Å². The third-order valence-electron chi connectivity index (χ3n) is 4.44. The summed E-state index contributed by atoms with van der Waals surface area (Å²) in [5.41, 5.74) is 2.92. The largest absolute Gasteiger partial charge is 0.457 e. The summed E-state index contributed by atoms with van der Waals surface area (Å²) in [6, 6.07) is 19.5. The van der Waals surface area contributed by atoms with Gasteiger partial charge in [-0.15, -0.1) is 0 Å². The number of para-hydroxylation sites is 1. The van der Waals surface area contributed by atoms with Crippen LogP contribution < -0.4 is 4.90 Å². The first-order chi connectivity index (χ1) is 13.6. The molecule has 0 saturated carbocycles. The van der Waals surface area contributed by atoms with E-state index in [1.165, 1.54) is 11.8 Å². The lowest BCUT2D eigenvalue weighted by Crippen LogP contribution is -2.28. The minimum absolute atomic E-state index is 0.113. The molecule has 3 aromatic rings. The molecule has 3 nitrogen and oxygen atoms in total. The zero-order chi connectivity index (χ0) is 19.7. The molecule has 0 N–H and O–H groups in total. The Kier molecular flexibility index (Phi) is 5.53. The molecule has 0 unspecified atom stereocenters. The number of furan rings is 1. The fraction of sp³-hybridized carbons (Fsp3) is 0.0909. The molecule has 1 saturated heterocycles. The molecule has 0 atom stereocenters. The van der Waals surface area contributed by atoms with Crippen LogP contribution in [0.15, 0.2) is 74.5 Å². The standard InChI is InChI=1S/C22H16BrNO2S2/c1-2-14-5-3-4-6-18(14)24-21(25)20(28-22(24)27)13-17-11-12-19(26-17)15-7-9-16(23)10-8-15/h3-13H,2H2,1H3/b20-13+. The van der Waals surface area contributed by atoms with Gasteiger partial charge >= 0.3 is 0 Å². The first kappa shape index (κ1) is 19.2. The zero-order valence-electron chi connectivity index (χ0n) is 15.0. The molecular formula is C22H16BrNO2S2. The number of amides is 1. The summed E-state index contributed by atoms with van der Waals surface area (Å²) in [6.07, 6.45) is 2.59. The van der Waals surface area contributed by atoms with Crippen molar-refractivity contribution in [1.82, 2.24) is 0 Å². The highest BCUT2D eigenvalue weighted by atomic mass is 79.9. The number of thiocarbonyl (C=S) groups is 1. The van der Waals surface area contributed by atoms with Gasteiger partial charge in [0.05, 0.1) is 10.6 Å². The van der Waals surface area contributed by atoms with E-state index in [0.29, 0.717) is 15.0 Å². The Hall–Kier alpha value is -2.15. The predicted molar refractivity (Wildman–Crippen MR) is 123 cm³/mol. The molecule has 4 rings (SSSR count). The Bertz CT molecular complexity index is 1090. The smallest absolute Gasteiger partial charge is 0.270 e. The topological polar surface area (TPSA) is 33.5 Å². The summed E-state index contributed by atoms with van der Waals surface area (Å²) in [5, 5.41) is 0. The molecule has 1 fully saturated rings. The molecule has 0 radical (unpaired) electrons. The first-order valence-electron chi connectivity index (χ1n) is 8.78. The van der Waals surface area contributed by atoms with Crippen LogP contribution in [0.25, 0.3) is 17.4 Å². The number of benzene rings is 2. The molecule has 1 aliphatic rings. The number of hydrogen-bond acceptors (Lipinski definition) is 4. The number of carbonyl (C=O) groups is 1. The average molecular weight is 470 g/mol. The van der Waals surface area contributed by atoms with Crippen molar-refractivity contribution in [3.05, 3.63) is 81.4 Å². The maximum Gasteiger partial charge on any atom is 0.270 e. The molecule has 28 heavy (non-hydrogen) atoms. The van der Waals surface area contributed by atoms with Crippen molar-refractivity contribution in [3.63, 3.8) is 0 Å². The lowest BCUT2D eigenvalue weighted by Gasteiger charge is -2.17. The van der Waals surface area contributed by atoms with Crippen molar-refractivity contribution < 1.29 is 9.21 Å². The van der Waals surface area contributed by atoms with E-state index >= 15 is 0 Å². The van der Waals surface area contributed by atoms with Crippen LogP contribution in [0.5, 0.6) is 0 Å². The SMILES string of the molecule is CCc1ccccc1N1C(=O)/C(=C\c2ccc(-c3ccc(Br)cc3)o2)SC1=S. The van der Waals surface area contributed by atoms with Crippen LogP contribution in [0.1, 0.15) is 18.2 Å². The molecule has 0 aliphatic carbocycles. The average Bonchev–Trinajstić information content (AvgIpc) is 3.27. The molecule has 1 aromatic heterocycles. The van der Waals surface area contributed by atoms with Gasteiger partial charge in [-0.05, 0) is 42.3 Å². The van der Waals surface area contributed by atoms with E-state index in [9.17, 15) is 4.79 Å². The van der Waals surface area contributed by atoms with Gasteiger partial charge in [0.15, 0.2) is 4.32 Å². The molecule has 140 valence electrons. The first-order valence-corrected chi connectivity index (χ1v) is 10.8. The summed E-state index contributed by atoms with van der Waals surface area (Å²) in [6.45, 7) is 2.07. The molecular weight excluding hydrogens is 454 g/mol. The second-order valence-electron chi connectivity index (χ2n) is 6.21. The molecule has 2 aromatic carbocycles. The Morgan fingerprint density at radius 2 is 1.86 bits per heavy atom. The minimum Gasteiger partial charge on any atom is -0.457 e. The predicted octanol–water partition coefficient (Wildman–Crippen LogP) is 6.68. The van der Waals surface area contributed by atoms with E-state index in [2.05, 4.69) is 22.9 Å². The van der Waals surface area contributed by atoms with Gasteiger partial charge < -0.3 is 4.42 Å². The van der Waals surface area contributed by atoms with Crippen molar-refractivity contribution in [1.29, 1.82) is 0 Å². The van der Waals surface area contributed by atoms with Crippen molar-refractivity contribution >= 4 is 61.9 Å². The zero-order valence-corrected chi connectivity index (χ0v) is 18.2. The number of thioether (sulfide) groups is 1.